The van der Waals surface area contributed by atoms with Crippen molar-refractivity contribution >= 4 is 12.3 Å². The molecular formula is C32H28O4. The number of benzene rings is 4. The summed E-state index contributed by atoms with van der Waals surface area (Å²) < 4.78 is 5.66. The number of phenolic OH excluding ortho intramolecular Hbond substituents is 1. The highest BCUT2D eigenvalue weighted by Crippen LogP contribution is 2.45. The molecule has 4 heteroatoms. The van der Waals surface area contributed by atoms with Crippen LogP contribution in [0.5, 0.6) is 11.5 Å². The Labute approximate surface area is 211 Å². The van der Waals surface area contributed by atoms with Crippen molar-refractivity contribution in [3.05, 3.63) is 119 Å². The zero-order valence-corrected chi connectivity index (χ0v) is 20.0. The van der Waals surface area contributed by atoms with Crippen molar-refractivity contribution in [1.82, 2.24) is 0 Å². The van der Waals surface area contributed by atoms with E-state index in [-0.39, 0.29) is 11.2 Å². The van der Waals surface area contributed by atoms with Crippen molar-refractivity contribution in [3.63, 3.8) is 0 Å². The molecule has 1 fully saturated rings. The maximum Gasteiger partial charge on any atom is 0.343 e. The molecule has 0 unspecified atom stereocenters. The third-order valence-electron chi connectivity index (χ3n) is 7.25. The molecule has 1 aliphatic rings. The summed E-state index contributed by atoms with van der Waals surface area (Å²) in [6.07, 6.45) is 6.49. The van der Waals surface area contributed by atoms with Gasteiger partial charge in [-0.3, -0.25) is 4.79 Å². The fourth-order valence-electron chi connectivity index (χ4n) is 5.24. The zero-order chi connectivity index (χ0) is 25.0. The molecule has 1 N–H and O–H groups in total. The predicted octanol–water partition coefficient (Wildman–Crippen LogP) is 7.34. The Morgan fingerprint density at radius 2 is 1.22 bits per heavy atom. The van der Waals surface area contributed by atoms with E-state index in [9.17, 15) is 14.7 Å². The molecule has 4 aromatic rings. The molecular weight excluding hydrogens is 448 g/mol. The first-order chi connectivity index (χ1) is 17.6. The predicted molar refractivity (Wildman–Crippen MR) is 141 cm³/mol. The summed E-state index contributed by atoms with van der Waals surface area (Å²) in [5, 5.41) is 9.76. The van der Waals surface area contributed by atoms with Gasteiger partial charge in [-0.2, -0.15) is 0 Å². The van der Waals surface area contributed by atoms with E-state index in [4.69, 9.17) is 4.74 Å². The maximum absolute atomic E-state index is 12.8. The normalized spacial score (nSPS) is 14.7. The Hall–Kier alpha value is -4.18. The molecule has 0 bridgehead atoms. The molecule has 0 aliphatic heterocycles. The van der Waals surface area contributed by atoms with Crippen LogP contribution in [0.2, 0.25) is 0 Å². The van der Waals surface area contributed by atoms with Crippen molar-refractivity contribution in [2.24, 2.45) is 0 Å². The fraction of sp³-hybridized carbons (Fsp3) is 0.188. The lowest BCUT2D eigenvalue weighted by Gasteiger charge is -2.38. The molecule has 0 saturated heterocycles. The van der Waals surface area contributed by atoms with E-state index in [2.05, 4.69) is 12.1 Å². The van der Waals surface area contributed by atoms with Gasteiger partial charge in [0.2, 0.25) is 0 Å². The molecule has 4 aromatic carbocycles. The van der Waals surface area contributed by atoms with Gasteiger partial charge < -0.3 is 9.84 Å². The number of ether oxygens (including phenoxy) is 1. The zero-order valence-electron chi connectivity index (χ0n) is 20.0. The van der Waals surface area contributed by atoms with Crippen LogP contribution in [0.4, 0.5) is 0 Å². The first-order valence-electron chi connectivity index (χ1n) is 12.4. The molecule has 180 valence electrons. The Morgan fingerprint density at radius 3 is 1.78 bits per heavy atom. The number of rotatable bonds is 6. The second-order valence-corrected chi connectivity index (χ2v) is 9.42. The van der Waals surface area contributed by atoms with Crippen LogP contribution >= 0.6 is 0 Å². The monoisotopic (exact) mass is 476 g/mol. The van der Waals surface area contributed by atoms with Gasteiger partial charge in [-0.05, 0) is 71.5 Å². The largest absolute Gasteiger partial charge is 0.508 e. The maximum atomic E-state index is 12.8. The van der Waals surface area contributed by atoms with Gasteiger partial charge in [0, 0.05) is 11.0 Å². The second-order valence-electron chi connectivity index (χ2n) is 9.42. The van der Waals surface area contributed by atoms with Gasteiger partial charge in [0.15, 0.2) is 0 Å². The summed E-state index contributed by atoms with van der Waals surface area (Å²) >= 11 is 0. The highest BCUT2D eigenvalue weighted by molar-refractivity contribution is 5.91. The third kappa shape index (κ3) is 4.80. The minimum atomic E-state index is -0.406. The lowest BCUT2D eigenvalue weighted by molar-refractivity contribution is 0.0734. The van der Waals surface area contributed by atoms with E-state index in [0.717, 1.165) is 43.1 Å². The van der Waals surface area contributed by atoms with E-state index >= 15 is 0 Å². The first-order valence-corrected chi connectivity index (χ1v) is 12.4. The van der Waals surface area contributed by atoms with Gasteiger partial charge >= 0.3 is 5.97 Å². The first kappa shape index (κ1) is 23.6. The van der Waals surface area contributed by atoms with Crippen LogP contribution in [0.3, 0.4) is 0 Å². The van der Waals surface area contributed by atoms with Crippen LogP contribution in [0.15, 0.2) is 97.1 Å². The summed E-state index contributed by atoms with van der Waals surface area (Å²) in [5.41, 5.74) is 5.36. The average Bonchev–Trinajstić information content (AvgIpc) is 2.94. The van der Waals surface area contributed by atoms with Crippen molar-refractivity contribution in [2.75, 3.05) is 0 Å². The number of aldehydes is 1. The van der Waals surface area contributed by atoms with Gasteiger partial charge in [-0.25, -0.2) is 4.79 Å². The van der Waals surface area contributed by atoms with Crippen LogP contribution in [0.1, 0.15) is 63.9 Å². The van der Waals surface area contributed by atoms with Crippen molar-refractivity contribution in [3.8, 4) is 22.6 Å². The molecule has 36 heavy (non-hydrogen) atoms. The van der Waals surface area contributed by atoms with Crippen molar-refractivity contribution < 1.29 is 19.4 Å². The highest BCUT2D eigenvalue weighted by Gasteiger charge is 2.35. The van der Waals surface area contributed by atoms with E-state index in [1.807, 2.05) is 48.5 Å². The van der Waals surface area contributed by atoms with E-state index < -0.39 is 5.97 Å². The van der Waals surface area contributed by atoms with Crippen LogP contribution in [-0.4, -0.2) is 17.4 Å². The number of phenols is 1. The molecule has 0 aromatic heterocycles. The lowest BCUT2D eigenvalue weighted by atomic mass is 9.65. The van der Waals surface area contributed by atoms with Gasteiger partial charge in [-0.1, -0.05) is 79.9 Å². The Balaban J connectivity index is 1.31. The summed E-state index contributed by atoms with van der Waals surface area (Å²) in [5.74, 6) is 0.376. The van der Waals surface area contributed by atoms with E-state index in [1.165, 1.54) is 17.5 Å². The summed E-state index contributed by atoms with van der Waals surface area (Å²) in [7, 11) is 0. The number of carbonyl (C=O) groups excluding carboxylic acids is 2. The quantitative estimate of drug-likeness (QED) is 0.180. The molecule has 0 heterocycles. The number of esters is 1. The number of aromatic hydroxyl groups is 1. The van der Waals surface area contributed by atoms with Gasteiger partial charge in [0.1, 0.15) is 17.8 Å². The lowest BCUT2D eigenvalue weighted by Crippen LogP contribution is -2.30. The number of carbonyl (C=O) groups is 2. The molecule has 1 aliphatic carbocycles. The van der Waals surface area contributed by atoms with Gasteiger partial charge in [0.25, 0.3) is 0 Å². The average molecular weight is 477 g/mol. The molecule has 0 radical (unpaired) electrons. The summed E-state index contributed by atoms with van der Waals surface area (Å²) in [6.45, 7) is 0. The minimum absolute atomic E-state index is 0.0890. The SMILES string of the molecule is O=Cc1ccc(-c2ccc(C(=O)Oc3ccc(C4(c5ccc(O)cc5)CCCCC4)cc3)cc2)cc1. The smallest absolute Gasteiger partial charge is 0.343 e. The van der Waals surface area contributed by atoms with E-state index in [1.54, 1.807) is 36.4 Å². The van der Waals surface area contributed by atoms with Crippen molar-refractivity contribution in [2.45, 2.75) is 37.5 Å². The van der Waals surface area contributed by atoms with Gasteiger partial charge in [-0.15, -0.1) is 0 Å². The highest BCUT2D eigenvalue weighted by atomic mass is 16.5. The van der Waals surface area contributed by atoms with Crippen LogP contribution in [0.25, 0.3) is 11.1 Å². The van der Waals surface area contributed by atoms with Crippen LogP contribution in [-0.2, 0) is 5.41 Å². The van der Waals surface area contributed by atoms with Crippen LogP contribution in [0, 0.1) is 0 Å². The summed E-state index contributed by atoms with van der Waals surface area (Å²) in [6, 6.07) is 30.0. The van der Waals surface area contributed by atoms with Crippen molar-refractivity contribution in [1.29, 1.82) is 0 Å². The fourth-order valence-corrected chi connectivity index (χ4v) is 5.24. The number of hydrogen-bond donors (Lipinski definition) is 1. The standard InChI is InChI=1S/C32H28O4/c33-22-23-4-6-24(7-5-23)25-8-10-26(11-9-25)31(35)36-30-18-14-28(15-19-30)32(20-2-1-3-21-32)27-12-16-29(34)17-13-27/h4-19,22,34H,1-3,20-21H2. The molecule has 4 nitrogen and oxygen atoms in total. The Bertz CT molecular complexity index is 1330. The Kier molecular flexibility index (Phi) is 6.68. The number of hydrogen-bond acceptors (Lipinski definition) is 4. The van der Waals surface area contributed by atoms with E-state index in [0.29, 0.717) is 16.9 Å². The van der Waals surface area contributed by atoms with Crippen LogP contribution < -0.4 is 4.74 Å². The molecule has 5 rings (SSSR count). The topological polar surface area (TPSA) is 63.6 Å². The Morgan fingerprint density at radius 1 is 0.694 bits per heavy atom. The summed E-state index contributed by atoms with van der Waals surface area (Å²) in [4.78, 5) is 23.6. The van der Waals surface area contributed by atoms with Gasteiger partial charge in [0.05, 0.1) is 5.56 Å². The molecule has 0 atom stereocenters. The molecule has 0 spiro atoms. The molecule has 1 saturated carbocycles. The minimum Gasteiger partial charge on any atom is -0.508 e. The molecule has 0 amide bonds. The second kappa shape index (κ2) is 10.2. The third-order valence-corrected chi connectivity index (χ3v) is 7.25.